The maximum Gasteiger partial charge on any atom is 0.224 e. The zero-order chi connectivity index (χ0) is 19.2. The molecule has 0 amide bonds. The molecule has 4 aromatic heterocycles. The van der Waals surface area contributed by atoms with Crippen LogP contribution >= 0.6 is 0 Å². The second-order valence-corrected chi connectivity index (χ2v) is 7.63. The summed E-state index contributed by atoms with van der Waals surface area (Å²) >= 11 is 0. The minimum absolute atomic E-state index is 0.661. The van der Waals surface area contributed by atoms with Crippen molar-refractivity contribution in [3.63, 3.8) is 0 Å². The number of benzene rings is 2. The van der Waals surface area contributed by atoms with Gasteiger partial charge in [-0.05, 0) is 54.6 Å². The van der Waals surface area contributed by atoms with E-state index in [-0.39, 0.29) is 0 Å². The van der Waals surface area contributed by atoms with Gasteiger partial charge in [-0.3, -0.25) is 4.98 Å². The van der Waals surface area contributed by atoms with Crippen LogP contribution in [0.5, 0.6) is 0 Å². The third-order valence-electron chi connectivity index (χ3n) is 6.18. The van der Waals surface area contributed by atoms with E-state index in [4.69, 9.17) is 6.57 Å². The smallest absolute Gasteiger partial charge is 0.224 e. The summed E-state index contributed by atoms with van der Waals surface area (Å²) in [4.78, 5) is 8.14. The van der Waals surface area contributed by atoms with Crippen LogP contribution in [0.4, 0.5) is 5.69 Å². The van der Waals surface area contributed by atoms with E-state index in [0.29, 0.717) is 5.69 Å². The van der Waals surface area contributed by atoms with E-state index in [9.17, 15) is 0 Å². The topological polar surface area (TPSA) is 25.5 Å². The predicted octanol–water partition coefficient (Wildman–Crippen LogP) is 5.38. The number of rotatable bonds is 0. The zero-order valence-electron chi connectivity index (χ0n) is 15.9. The lowest BCUT2D eigenvalue weighted by atomic mass is 9.96. The van der Waals surface area contributed by atoms with Crippen LogP contribution in [0.2, 0.25) is 0 Å². The van der Waals surface area contributed by atoms with Gasteiger partial charge in [-0.1, -0.05) is 0 Å². The van der Waals surface area contributed by atoms with Crippen molar-refractivity contribution in [1.82, 2.24) is 9.38 Å². The van der Waals surface area contributed by atoms with Crippen molar-refractivity contribution in [3.8, 4) is 0 Å². The second kappa shape index (κ2) is 4.96. The molecule has 0 bridgehead atoms. The number of nitrogens with zero attached hydrogens (tertiary/aromatic N) is 4. The molecule has 6 rings (SSSR count). The number of hydrogen-bond acceptors (Lipinski definition) is 1. The van der Waals surface area contributed by atoms with Crippen molar-refractivity contribution in [2.75, 3.05) is 0 Å². The van der Waals surface area contributed by atoms with Crippen molar-refractivity contribution in [1.29, 1.82) is 0 Å². The number of hydrogen-bond donors (Lipinski definition) is 0. The molecule has 132 valence electrons. The second-order valence-electron chi connectivity index (χ2n) is 7.63. The third-order valence-corrected chi connectivity index (χ3v) is 6.18. The summed E-state index contributed by atoms with van der Waals surface area (Å²) < 4.78 is 4.52. The summed E-state index contributed by atoms with van der Waals surface area (Å²) in [7, 11) is 2.11. The van der Waals surface area contributed by atoms with Crippen LogP contribution in [0, 0.1) is 20.4 Å². The molecule has 0 radical (unpaired) electrons. The summed E-state index contributed by atoms with van der Waals surface area (Å²) in [5.41, 5.74) is 7.84. The average Bonchev–Trinajstić information content (AvgIpc) is 3.04. The molecule has 4 nitrogen and oxygen atoms in total. The molecule has 4 heterocycles. The number of pyridine rings is 3. The largest absolute Gasteiger partial charge is 0.307 e. The molecule has 28 heavy (non-hydrogen) atoms. The quantitative estimate of drug-likeness (QED) is 0.154. The molecule has 0 aliphatic heterocycles. The van der Waals surface area contributed by atoms with Gasteiger partial charge >= 0.3 is 0 Å². The molecule has 4 heteroatoms. The monoisotopic (exact) mass is 361 g/mol. The van der Waals surface area contributed by atoms with E-state index >= 15 is 0 Å². The van der Waals surface area contributed by atoms with Gasteiger partial charge < -0.3 is 4.40 Å². The highest BCUT2D eigenvalue weighted by molar-refractivity contribution is 6.26. The van der Waals surface area contributed by atoms with E-state index in [1.54, 1.807) is 0 Å². The van der Waals surface area contributed by atoms with Crippen LogP contribution in [0.15, 0.2) is 48.9 Å². The lowest BCUT2D eigenvalue weighted by molar-refractivity contribution is -0.643. The third kappa shape index (κ3) is 1.65. The van der Waals surface area contributed by atoms with Crippen LogP contribution in [0.25, 0.3) is 53.8 Å². The van der Waals surface area contributed by atoms with Crippen molar-refractivity contribution < 1.29 is 4.57 Å². The van der Waals surface area contributed by atoms with Gasteiger partial charge in [-0.15, -0.1) is 0 Å². The Labute approximate surface area is 161 Å². The van der Waals surface area contributed by atoms with Crippen LogP contribution in [-0.4, -0.2) is 9.38 Å². The van der Waals surface area contributed by atoms with Crippen molar-refractivity contribution in [3.05, 3.63) is 71.5 Å². The van der Waals surface area contributed by atoms with Crippen LogP contribution < -0.4 is 4.57 Å². The SMILES string of the molecule is [C-]#[N+]c1cc2cc[n+](C)c3c4c(C)c(C)cc5c6ccncc6n(c(c1)c23)c54. The average molecular weight is 361 g/mol. The van der Waals surface area contributed by atoms with Crippen LogP contribution in [0.1, 0.15) is 11.1 Å². The summed E-state index contributed by atoms with van der Waals surface area (Å²) in [5.74, 6) is 0. The molecule has 0 spiro atoms. The first-order chi connectivity index (χ1) is 13.6. The Morgan fingerprint density at radius 1 is 1.04 bits per heavy atom. The molecule has 0 saturated heterocycles. The van der Waals surface area contributed by atoms with Gasteiger partial charge in [-0.25, -0.2) is 9.41 Å². The van der Waals surface area contributed by atoms with Gasteiger partial charge in [0, 0.05) is 23.0 Å². The molecule has 0 atom stereocenters. The highest BCUT2D eigenvalue weighted by Crippen LogP contribution is 2.42. The molecule has 0 fully saturated rings. The van der Waals surface area contributed by atoms with E-state index in [1.807, 2.05) is 24.5 Å². The summed E-state index contributed by atoms with van der Waals surface area (Å²) in [6, 6.07) is 10.5. The van der Waals surface area contributed by atoms with Gasteiger partial charge in [0.15, 0.2) is 11.9 Å². The van der Waals surface area contributed by atoms with Crippen LogP contribution in [0.3, 0.4) is 0 Å². The van der Waals surface area contributed by atoms with Gasteiger partial charge in [-0.2, -0.15) is 0 Å². The highest BCUT2D eigenvalue weighted by atomic mass is 15.0. The maximum absolute atomic E-state index is 7.58. The summed E-state index contributed by atoms with van der Waals surface area (Å²) in [6.07, 6.45) is 5.90. The Hall–Kier alpha value is -3.71. The Balaban J connectivity index is 2.16. The van der Waals surface area contributed by atoms with Crippen LogP contribution in [-0.2, 0) is 7.05 Å². The molecule has 0 N–H and O–H groups in total. The molecule has 0 aliphatic carbocycles. The Kier molecular flexibility index (Phi) is 2.72. The van der Waals surface area contributed by atoms with Crippen molar-refractivity contribution >= 4 is 54.7 Å². The summed E-state index contributed by atoms with van der Waals surface area (Å²) in [6.45, 7) is 12.0. The molecular formula is C24H17N4+. The van der Waals surface area contributed by atoms with Gasteiger partial charge in [0.05, 0.1) is 40.1 Å². The Morgan fingerprint density at radius 3 is 2.71 bits per heavy atom. The fourth-order valence-electron chi connectivity index (χ4n) is 4.80. The minimum Gasteiger partial charge on any atom is -0.307 e. The summed E-state index contributed by atoms with van der Waals surface area (Å²) in [5, 5.41) is 6.02. The molecule has 2 aromatic carbocycles. The molecule has 0 saturated carbocycles. The van der Waals surface area contributed by atoms with Crippen molar-refractivity contribution in [2.24, 2.45) is 7.05 Å². The molecule has 0 aliphatic rings. The van der Waals surface area contributed by atoms with Crippen molar-refractivity contribution in [2.45, 2.75) is 13.8 Å². The lowest BCUT2D eigenvalue weighted by Crippen LogP contribution is -2.29. The van der Waals surface area contributed by atoms with E-state index in [2.05, 4.69) is 64.1 Å². The Bertz CT molecular complexity index is 1650. The number of aromatic nitrogens is 3. The highest BCUT2D eigenvalue weighted by Gasteiger charge is 2.24. The first-order valence-corrected chi connectivity index (χ1v) is 9.33. The molecular weight excluding hydrogens is 344 g/mol. The zero-order valence-corrected chi connectivity index (χ0v) is 15.9. The molecule has 0 unspecified atom stereocenters. The van der Waals surface area contributed by atoms with Gasteiger partial charge in [0.25, 0.3) is 0 Å². The van der Waals surface area contributed by atoms with Gasteiger partial charge in [0.2, 0.25) is 5.52 Å². The first kappa shape index (κ1) is 15.4. The molecule has 6 aromatic rings. The lowest BCUT2D eigenvalue weighted by Gasteiger charge is -2.14. The number of fused-ring (bicyclic) bond motifs is 5. The minimum atomic E-state index is 0.661. The fraction of sp³-hybridized carbons (Fsp3) is 0.125. The Morgan fingerprint density at radius 2 is 1.89 bits per heavy atom. The van der Waals surface area contributed by atoms with E-state index in [1.165, 1.54) is 43.7 Å². The normalized spacial score (nSPS) is 12.1. The standard InChI is InChI=1S/C24H17N4/c1-13-9-18-17-5-7-26-12-20(17)28-19-11-16(25-3)10-15-6-8-27(4)24(22(15)19)21(14(13)2)23(18)28/h5-12H,1-2,4H3/q+1. The number of aryl methyl sites for hydroxylation is 3. The van der Waals surface area contributed by atoms with E-state index in [0.717, 1.165) is 16.4 Å². The first-order valence-electron chi connectivity index (χ1n) is 9.33. The maximum atomic E-state index is 7.58. The fourth-order valence-corrected chi connectivity index (χ4v) is 4.80. The predicted molar refractivity (Wildman–Crippen MR) is 113 cm³/mol. The van der Waals surface area contributed by atoms with Gasteiger partial charge in [0.1, 0.15) is 7.05 Å². The van der Waals surface area contributed by atoms with E-state index < -0.39 is 0 Å².